The Morgan fingerprint density at radius 3 is 2.95 bits per heavy atom. The molecule has 20 heavy (non-hydrogen) atoms. The fourth-order valence-electron chi connectivity index (χ4n) is 1.33. The summed E-state index contributed by atoms with van der Waals surface area (Å²) in [4.78, 5) is 11.6. The molecule has 8 nitrogen and oxygen atoms in total. The van der Waals surface area contributed by atoms with E-state index in [9.17, 15) is 4.79 Å². The van der Waals surface area contributed by atoms with Crippen molar-refractivity contribution in [2.75, 3.05) is 12.8 Å². The maximum absolute atomic E-state index is 11.6. The molecule has 9 heteroatoms. The van der Waals surface area contributed by atoms with E-state index in [1.54, 1.807) is 25.3 Å². The number of nitrogens with two attached hydrogens (primary N) is 1. The first kappa shape index (κ1) is 14.0. The van der Waals surface area contributed by atoms with Crippen LogP contribution in [0.25, 0.3) is 0 Å². The number of amides is 1. The summed E-state index contributed by atoms with van der Waals surface area (Å²) in [7, 11) is 1.57. The Labute approximate surface area is 122 Å². The molecule has 0 radical (unpaired) electrons. The number of nitrogen functional groups attached to an aromatic ring is 1. The molecule has 0 unspecified atom stereocenters. The SMILES string of the molecule is COc1ccc(/C=N\NC(=O)c2nonc2N)cc1Br. The lowest BCUT2D eigenvalue weighted by molar-refractivity contribution is 0.0946. The van der Waals surface area contributed by atoms with Gasteiger partial charge in [-0.15, -0.1) is 0 Å². The summed E-state index contributed by atoms with van der Waals surface area (Å²) in [6.45, 7) is 0. The van der Waals surface area contributed by atoms with Crippen LogP contribution in [-0.4, -0.2) is 29.5 Å². The molecule has 0 aliphatic heterocycles. The summed E-state index contributed by atoms with van der Waals surface area (Å²) >= 11 is 3.35. The third-order valence-electron chi connectivity index (χ3n) is 2.28. The molecule has 2 rings (SSSR count). The average Bonchev–Trinajstić information content (AvgIpc) is 2.85. The van der Waals surface area contributed by atoms with E-state index in [1.165, 1.54) is 6.21 Å². The molecule has 1 aromatic carbocycles. The first-order valence-electron chi connectivity index (χ1n) is 5.37. The highest BCUT2D eigenvalue weighted by molar-refractivity contribution is 9.10. The van der Waals surface area contributed by atoms with E-state index in [0.717, 1.165) is 10.0 Å². The van der Waals surface area contributed by atoms with E-state index >= 15 is 0 Å². The molecule has 0 aliphatic rings. The highest BCUT2D eigenvalue weighted by atomic mass is 79.9. The zero-order chi connectivity index (χ0) is 14.5. The van der Waals surface area contributed by atoms with Crippen molar-refractivity contribution in [3.8, 4) is 5.75 Å². The molecule has 0 spiro atoms. The first-order valence-corrected chi connectivity index (χ1v) is 6.16. The van der Waals surface area contributed by atoms with Crippen LogP contribution >= 0.6 is 15.9 Å². The molecule has 1 amide bonds. The number of carbonyl (C=O) groups is 1. The Kier molecular flexibility index (Phi) is 4.31. The third kappa shape index (κ3) is 3.12. The number of hydrazone groups is 1. The number of nitrogens with one attached hydrogen (secondary N) is 1. The van der Waals surface area contributed by atoms with Gasteiger partial charge in [-0.05, 0) is 50.0 Å². The van der Waals surface area contributed by atoms with Gasteiger partial charge in [-0.2, -0.15) is 5.10 Å². The number of hydrogen-bond donors (Lipinski definition) is 2. The van der Waals surface area contributed by atoms with E-state index in [4.69, 9.17) is 10.5 Å². The average molecular weight is 340 g/mol. The summed E-state index contributed by atoms with van der Waals surface area (Å²) < 4.78 is 10.2. The maximum Gasteiger partial charge on any atom is 0.297 e. The quantitative estimate of drug-likeness (QED) is 0.638. The number of aromatic nitrogens is 2. The van der Waals surface area contributed by atoms with Crippen LogP contribution in [0.4, 0.5) is 5.82 Å². The molecule has 0 bridgehead atoms. The van der Waals surface area contributed by atoms with E-state index < -0.39 is 5.91 Å². The Bertz CT molecular complexity index is 655. The van der Waals surface area contributed by atoms with Crippen LogP contribution in [0.3, 0.4) is 0 Å². The normalized spacial score (nSPS) is 10.7. The summed E-state index contributed by atoms with van der Waals surface area (Å²) in [5.41, 5.74) is 8.29. The molecular formula is C11H10BrN5O3. The van der Waals surface area contributed by atoms with E-state index in [2.05, 4.69) is 41.4 Å². The van der Waals surface area contributed by atoms with Crippen molar-refractivity contribution in [2.45, 2.75) is 0 Å². The zero-order valence-electron chi connectivity index (χ0n) is 10.3. The van der Waals surface area contributed by atoms with Gasteiger partial charge in [0.15, 0.2) is 0 Å². The van der Waals surface area contributed by atoms with E-state index in [0.29, 0.717) is 5.75 Å². The summed E-state index contributed by atoms with van der Waals surface area (Å²) in [5, 5.41) is 10.4. The molecule has 1 heterocycles. The number of anilines is 1. The topological polar surface area (TPSA) is 116 Å². The lowest BCUT2D eigenvalue weighted by atomic mass is 10.2. The molecule has 0 fully saturated rings. The minimum Gasteiger partial charge on any atom is -0.496 e. The predicted molar refractivity (Wildman–Crippen MR) is 74.5 cm³/mol. The zero-order valence-corrected chi connectivity index (χ0v) is 11.9. The van der Waals surface area contributed by atoms with Crippen molar-refractivity contribution < 1.29 is 14.2 Å². The van der Waals surface area contributed by atoms with E-state index in [-0.39, 0.29) is 11.5 Å². The number of methoxy groups -OCH3 is 1. The van der Waals surface area contributed by atoms with Crippen LogP contribution in [0, 0.1) is 0 Å². The summed E-state index contributed by atoms with van der Waals surface area (Å²) in [5.74, 6) is 0.00472. The fraction of sp³-hybridized carbons (Fsp3) is 0.0909. The summed E-state index contributed by atoms with van der Waals surface area (Å²) in [6.07, 6.45) is 1.46. The van der Waals surface area contributed by atoms with Gasteiger partial charge >= 0.3 is 0 Å². The van der Waals surface area contributed by atoms with Crippen molar-refractivity contribution in [3.05, 3.63) is 33.9 Å². The molecule has 0 saturated heterocycles. The van der Waals surface area contributed by atoms with Crippen molar-refractivity contribution in [1.82, 2.24) is 15.7 Å². The molecule has 104 valence electrons. The van der Waals surface area contributed by atoms with Crippen molar-refractivity contribution in [2.24, 2.45) is 5.10 Å². The first-order chi connectivity index (χ1) is 9.61. The molecule has 2 aromatic rings. The van der Waals surface area contributed by atoms with Crippen LogP contribution in [0.1, 0.15) is 16.1 Å². The largest absolute Gasteiger partial charge is 0.496 e. The van der Waals surface area contributed by atoms with Crippen LogP contribution in [0.5, 0.6) is 5.75 Å². The second-order valence-corrected chi connectivity index (χ2v) is 4.45. The van der Waals surface area contributed by atoms with Gasteiger partial charge in [-0.25, -0.2) is 10.1 Å². The Hall–Kier alpha value is -2.42. The monoisotopic (exact) mass is 339 g/mol. The Morgan fingerprint density at radius 2 is 2.35 bits per heavy atom. The second-order valence-electron chi connectivity index (χ2n) is 3.59. The Balaban J connectivity index is 2.02. The van der Waals surface area contributed by atoms with Gasteiger partial charge in [-0.3, -0.25) is 4.79 Å². The smallest absolute Gasteiger partial charge is 0.297 e. The van der Waals surface area contributed by atoms with Gasteiger partial charge in [0.25, 0.3) is 5.91 Å². The van der Waals surface area contributed by atoms with Gasteiger partial charge in [0.2, 0.25) is 11.5 Å². The maximum atomic E-state index is 11.6. The second kappa shape index (κ2) is 6.15. The number of hydrogen-bond acceptors (Lipinski definition) is 7. The number of rotatable bonds is 4. The number of benzene rings is 1. The lowest BCUT2D eigenvalue weighted by Crippen LogP contribution is -2.19. The number of carbonyl (C=O) groups excluding carboxylic acids is 1. The van der Waals surface area contributed by atoms with Crippen LogP contribution in [0.15, 0.2) is 32.4 Å². The van der Waals surface area contributed by atoms with Gasteiger partial charge in [0, 0.05) is 0 Å². The number of ether oxygens (including phenoxy) is 1. The minimum absolute atomic E-state index is 0.0927. The minimum atomic E-state index is -0.604. The fourth-order valence-corrected chi connectivity index (χ4v) is 1.89. The van der Waals surface area contributed by atoms with Crippen LogP contribution in [-0.2, 0) is 0 Å². The molecule has 1 aromatic heterocycles. The van der Waals surface area contributed by atoms with Crippen molar-refractivity contribution in [3.63, 3.8) is 0 Å². The standard InChI is InChI=1S/C11H10BrN5O3/c1-19-8-3-2-6(4-7(8)12)5-14-15-11(18)9-10(13)17-20-16-9/h2-5H,1H3,(H2,13,17)(H,15,18)/b14-5-. The number of nitrogens with zero attached hydrogens (tertiary/aromatic N) is 3. The molecule has 0 aliphatic carbocycles. The van der Waals surface area contributed by atoms with Gasteiger partial charge in [0.1, 0.15) is 5.75 Å². The number of halogens is 1. The van der Waals surface area contributed by atoms with E-state index in [1.807, 2.05) is 0 Å². The van der Waals surface area contributed by atoms with Crippen LogP contribution < -0.4 is 15.9 Å². The predicted octanol–water partition coefficient (Wildman–Crippen LogP) is 1.19. The highest BCUT2D eigenvalue weighted by Gasteiger charge is 2.14. The summed E-state index contributed by atoms with van der Waals surface area (Å²) in [6, 6.07) is 5.35. The molecule has 0 atom stereocenters. The van der Waals surface area contributed by atoms with Crippen LogP contribution in [0.2, 0.25) is 0 Å². The molecule has 0 saturated carbocycles. The van der Waals surface area contributed by atoms with Gasteiger partial charge in [0.05, 0.1) is 17.8 Å². The van der Waals surface area contributed by atoms with Crippen molar-refractivity contribution in [1.29, 1.82) is 0 Å². The van der Waals surface area contributed by atoms with Gasteiger partial charge in [-0.1, -0.05) is 0 Å². The third-order valence-corrected chi connectivity index (χ3v) is 2.90. The Morgan fingerprint density at radius 1 is 1.55 bits per heavy atom. The van der Waals surface area contributed by atoms with Crippen molar-refractivity contribution >= 4 is 33.9 Å². The van der Waals surface area contributed by atoms with Gasteiger partial charge < -0.3 is 10.5 Å². The highest BCUT2D eigenvalue weighted by Crippen LogP contribution is 2.24. The lowest BCUT2D eigenvalue weighted by Gasteiger charge is -2.03. The molecule has 3 N–H and O–H groups in total. The molecular weight excluding hydrogens is 330 g/mol.